The van der Waals surface area contributed by atoms with Crippen molar-refractivity contribution in [2.45, 2.75) is 19.5 Å². The van der Waals surface area contributed by atoms with E-state index < -0.39 is 0 Å². The van der Waals surface area contributed by atoms with Crippen LogP contribution in [0.15, 0.2) is 73.4 Å². The molecule has 144 valence electrons. The van der Waals surface area contributed by atoms with E-state index in [1.54, 1.807) is 6.20 Å². The zero-order chi connectivity index (χ0) is 19.6. The molecule has 2 N–H and O–H groups in total. The Labute approximate surface area is 167 Å². The van der Waals surface area contributed by atoms with Gasteiger partial charge in [0.25, 0.3) is 5.91 Å². The minimum Gasteiger partial charge on any atom is -0.347 e. The molecular formula is C22H20N6O. The fourth-order valence-corrected chi connectivity index (χ4v) is 3.57. The van der Waals surface area contributed by atoms with E-state index in [-0.39, 0.29) is 5.91 Å². The molecule has 0 unspecified atom stereocenters. The summed E-state index contributed by atoms with van der Waals surface area (Å²) < 4.78 is 4.31. The number of aryl methyl sites for hydroxylation is 2. The van der Waals surface area contributed by atoms with Crippen LogP contribution in [-0.2, 0) is 13.1 Å². The second kappa shape index (κ2) is 7.27. The van der Waals surface area contributed by atoms with E-state index in [0.717, 1.165) is 47.1 Å². The average molecular weight is 384 g/mol. The molecule has 0 aliphatic heterocycles. The number of anilines is 1. The minimum absolute atomic E-state index is 0.250. The SMILES string of the molecule is O=C(Nc1ccc2c(ccn2CCCn2ccnc2)c1)c1nc2ccccc2[nH]1. The van der Waals surface area contributed by atoms with E-state index in [2.05, 4.69) is 41.7 Å². The number of fused-ring (bicyclic) bond motifs is 2. The predicted octanol–water partition coefficient (Wildman–Crippen LogP) is 4.06. The molecular weight excluding hydrogens is 364 g/mol. The largest absolute Gasteiger partial charge is 0.347 e. The summed E-state index contributed by atoms with van der Waals surface area (Å²) in [6.07, 6.45) is 8.72. The van der Waals surface area contributed by atoms with Gasteiger partial charge >= 0.3 is 0 Å². The van der Waals surface area contributed by atoms with Gasteiger partial charge in [-0.05, 0) is 42.8 Å². The number of amides is 1. The first-order valence-electron chi connectivity index (χ1n) is 9.57. The lowest BCUT2D eigenvalue weighted by Gasteiger charge is -2.07. The summed E-state index contributed by atoms with van der Waals surface area (Å²) in [7, 11) is 0. The van der Waals surface area contributed by atoms with Gasteiger partial charge in [-0.3, -0.25) is 4.79 Å². The molecule has 0 bridgehead atoms. The van der Waals surface area contributed by atoms with Gasteiger partial charge in [-0.2, -0.15) is 0 Å². The smallest absolute Gasteiger partial charge is 0.291 e. The molecule has 3 heterocycles. The Morgan fingerprint density at radius 2 is 2.00 bits per heavy atom. The van der Waals surface area contributed by atoms with E-state index in [4.69, 9.17) is 0 Å². The van der Waals surface area contributed by atoms with Crippen LogP contribution in [0.3, 0.4) is 0 Å². The molecule has 0 saturated heterocycles. The molecule has 5 aromatic rings. The minimum atomic E-state index is -0.250. The number of nitrogens with one attached hydrogen (secondary N) is 2. The number of rotatable bonds is 6. The number of para-hydroxylation sites is 2. The molecule has 0 atom stereocenters. The lowest BCUT2D eigenvalue weighted by atomic mass is 10.2. The zero-order valence-electron chi connectivity index (χ0n) is 15.7. The van der Waals surface area contributed by atoms with Crippen molar-refractivity contribution >= 4 is 33.5 Å². The second-order valence-electron chi connectivity index (χ2n) is 6.99. The number of aromatic amines is 1. The number of carbonyl (C=O) groups is 1. The van der Waals surface area contributed by atoms with Crippen LogP contribution in [0.5, 0.6) is 0 Å². The van der Waals surface area contributed by atoms with E-state index in [1.165, 1.54) is 0 Å². The Morgan fingerprint density at radius 1 is 1.07 bits per heavy atom. The molecule has 3 aromatic heterocycles. The van der Waals surface area contributed by atoms with Gasteiger partial charge in [0, 0.05) is 48.3 Å². The fraction of sp³-hybridized carbons (Fsp3) is 0.136. The molecule has 0 radical (unpaired) electrons. The fourth-order valence-electron chi connectivity index (χ4n) is 3.57. The number of hydrogen-bond donors (Lipinski definition) is 2. The molecule has 0 aliphatic carbocycles. The summed E-state index contributed by atoms with van der Waals surface area (Å²) in [6, 6.07) is 15.6. The third-order valence-corrected chi connectivity index (χ3v) is 5.01. The first-order chi connectivity index (χ1) is 14.3. The summed E-state index contributed by atoms with van der Waals surface area (Å²) >= 11 is 0. The van der Waals surface area contributed by atoms with E-state index >= 15 is 0 Å². The Kier molecular flexibility index (Phi) is 4.32. The molecule has 0 saturated carbocycles. The highest BCUT2D eigenvalue weighted by atomic mass is 16.2. The van der Waals surface area contributed by atoms with Gasteiger partial charge in [-0.1, -0.05) is 12.1 Å². The molecule has 5 rings (SSSR count). The predicted molar refractivity (Wildman–Crippen MR) is 113 cm³/mol. The van der Waals surface area contributed by atoms with Crippen LogP contribution in [0.25, 0.3) is 21.9 Å². The van der Waals surface area contributed by atoms with E-state index in [9.17, 15) is 4.79 Å². The molecule has 7 nitrogen and oxygen atoms in total. The first kappa shape index (κ1) is 17.2. The first-order valence-corrected chi connectivity index (χ1v) is 9.57. The van der Waals surface area contributed by atoms with Gasteiger partial charge in [0.2, 0.25) is 0 Å². The van der Waals surface area contributed by atoms with Crippen molar-refractivity contribution in [3.8, 4) is 0 Å². The number of imidazole rings is 2. The van der Waals surface area contributed by atoms with Crippen molar-refractivity contribution in [3.63, 3.8) is 0 Å². The molecule has 0 aliphatic rings. The standard InChI is InChI=1S/C22H20N6O/c29-22(21-25-18-4-1-2-5-19(18)26-21)24-17-6-7-20-16(14-17)8-12-28(20)11-3-10-27-13-9-23-15-27/h1-2,4-9,12-15H,3,10-11H2,(H,24,29)(H,25,26). The summed E-state index contributed by atoms with van der Waals surface area (Å²) in [5.41, 5.74) is 3.53. The van der Waals surface area contributed by atoms with Crippen molar-refractivity contribution in [2.75, 3.05) is 5.32 Å². The highest BCUT2D eigenvalue weighted by Gasteiger charge is 2.12. The Bertz CT molecular complexity index is 1250. The maximum absolute atomic E-state index is 12.6. The summed E-state index contributed by atoms with van der Waals surface area (Å²) in [5, 5.41) is 4.02. The topological polar surface area (TPSA) is 80.5 Å². The Balaban J connectivity index is 1.29. The molecule has 2 aromatic carbocycles. The lowest BCUT2D eigenvalue weighted by Crippen LogP contribution is -2.13. The van der Waals surface area contributed by atoms with Crippen molar-refractivity contribution in [3.05, 3.63) is 79.3 Å². The number of H-pyrrole nitrogens is 1. The molecule has 1 amide bonds. The van der Waals surface area contributed by atoms with E-state index in [1.807, 2.05) is 55.0 Å². The number of benzene rings is 2. The van der Waals surface area contributed by atoms with Crippen LogP contribution in [-0.4, -0.2) is 30.0 Å². The monoisotopic (exact) mass is 384 g/mol. The maximum Gasteiger partial charge on any atom is 0.291 e. The molecule has 0 fully saturated rings. The van der Waals surface area contributed by atoms with Crippen molar-refractivity contribution in [1.29, 1.82) is 0 Å². The van der Waals surface area contributed by atoms with Crippen LogP contribution in [0, 0.1) is 0 Å². The summed E-state index contributed by atoms with van der Waals surface area (Å²) in [6.45, 7) is 1.86. The number of hydrogen-bond acceptors (Lipinski definition) is 3. The second-order valence-corrected chi connectivity index (χ2v) is 6.99. The van der Waals surface area contributed by atoms with Crippen LogP contribution in [0.2, 0.25) is 0 Å². The maximum atomic E-state index is 12.6. The number of carbonyl (C=O) groups excluding carboxylic acids is 1. The highest BCUT2D eigenvalue weighted by molar-refractivity contribution is 6.04. The third-order valence-electron chi connectivity index (χ3n) is 5.01. The summed E-state index contributed by atoms with van der Waals surface area (Å²) in [5.74, 6) is 0.0590. The van der Waals surface area contributed by atoms with Gasteiger partial charge < -0.3 is 19.4 Å². The van der Waals surface area contributed by atoms with E-state index in [0.29, 0.717) is 5.82 Å². The van der Waals surface area contributed by atoms with Crippen molar-refractivity contribution in [2.24, 2.45) is 0 Å². The van der Waals surface area contributed by atoms with Crippen molar-refractivity contribution in [1.82, 2.24) is 24.1 Å². The van der Waals surface area contributed by atoms with Crippen LogP contribution in [0.4, 0.5) is 5.69 Å². The third kappa shape index (κ3) is 3.50. The molecule has 0 spiro atoms. The van der Waals surface area contributed by atoms with Crippen LogP contribution in [0.1, 0.15) is 17.0 Å². The quantitative estimate of drug-likeness (QED) is 0.463. The van der Waals surface area contributed by atoms with Crippen LogP contribution < -0.4 is 5.32 Å². The molecule has 7 heteroatoms. The lowest BCUT2D eigenvalue weighted by molar-refractivity contribution is 0.101. The molecule has 29 heavy (non-hydrogen) atoms. The highest BCUT2D eigenvalue weighted by Crippen LogP contribution is 2.21. The number of nitrogens with zero attached hydrogens (tertiary/aromatic N) is 4. The average Bonchev–Trinajstić information content (AvgIpc) is 3.47. The van der Waals surface area contributed by atoms with Gasteiger partial charge in [0.15, 0.2) is 5.82 Å². The Hall–Kier alpha value is -3.87. The summed E-state index contributed by atoms with van der Waals surface area (Å²) in [4.78, 5) is 24.0. The zero-order valence-corrected chi connectivity index (χ0v) is 15.7. The normalized spacial score (nSPS) is 11.3. The van der Waals surface area contributed by atoms with Crippen LogP contribution >= 0.6 is 0 Å². The van der Waals surface area contributed by atoms with Gasteiger partial charge in [0.1, 0.15) is 0 Å². The van der Waals surface area contributed by atoms with Gasteiger partial charge in [0.05, 0.1) is 17.4 Å². The number of aromatic nitrogens is 5. The van der Waals surface area contributed by atoms with Crippen molar-refractivity contribution < 1.29 is 4.79 Å². The van der Waals surface area contributed by atoms with Gasteiger partial charge in [-0.15, -0.1) is 0 Å². The Morgan fingerprint density at radius 3 is 2.86 bits per heavy atom. The van der Waals surface area contributed by atoms with Gasteiger partial charge in [-0.25, -0.2) is 9.97 Å².